The topological polar surface area (TPSA) is 62.9 Å². The van der Waals surface area contributed by atoms with Gasteiger partial charge in [0, 0.05) is 55.8 Å². The lowest BCUT2D eigenvalue weighted by Gasteiger charge is -2.39. The average molecular weight is 486 g/mol. The second-order valence-corrected chi connectivity index (χ2v) is 10.3. The molecule has 3 saturated heterocycles. The zero-order valence-corrected chi connectivity index (χ0v) is 21.6. The van der Waals surface area contributed by atoms with Crippen molar-refractivity contribution in [3.63, 3.8) is 0 Å². The Hall–Kier alpha value is -1.70. The van der Waals surface area contributed by atoms with Gasteiger partial charge in [0.25, 0.3) is 0 Å². The highest BCUT2D eigenvalue weighted by atomic mass is 15.2. The number of piperidine rings is 3. The van der Waals surface area contributed by atoms with Gasteiger partial charge in [0.1, 0.15) is 11.6 Å². The van der Waals surface area contributed by atoms with Crippen LogP contribution in [-0.2, 0) is 13.1 Å². The predicted octanol–water partition coefficient (Wildman–Crippen LogP) is 4.62. The van der Waals surface area contributed by atoms with Crippen LogP contribution in [0.4, 0.5) is 0 Å². The number of hydrogen-bond acceptors (Lipinski definition) is 5. The molecule has 0 aromatic carbocycles. The minimum atomic E-state index is 0. The smallest absolute Gasteiger partial charge is 0.111 e. The lowest BCUT2D eigenvalue weighted by atomic mass is 9.93. The lowest BCUT2D eigenvalue weighted by molar-refractivity contribution is 0.124. The van der Waals surface area contributed by atoms with Crippen molar-refractivity contribution in [2.24, 2.45) is 0 Å². The summed E-state index contributed by atoms with van der Waals surface area (Å²) in [6.45, 7) is 13.9. The Bertz CT molecular complexity index is 809. The first-order valence-corrected chi connectivity index (χ1v) is 14.0. The van der Waals surface area contributed by atoms with Crippen LogP contribution in [0.25, 0.3) is 0 Å². The fourth-order valence-electron chi connectivity index (χ4n) is 6.00. The zero-order chi connectivity index (χ0) is 23.6. The molecule has 5 rings (SSSR count). The first-order valence-electron chi connectivity index (χ1n) is 14.0. The Kier molecular flexibility index (Phi) is 11.8. The van der Waals surface area contributed by atoms with Gasteiger partial charge in [-0.3, -0.25) is 0 Å². The van der Waals surface area contributed by atoms with Crippen LogP contribution in [0.2, 0.25) is 0 Å². The molecule has 0 bridgehead atoms. The molecule has 35 heavy (non-hydrogen) atoms. The summed E-state index contributed by atoms with van der Waals surface area (Å²) < 4.78 is 4.68. The highest BCUT2D eigenvalue weighted by Gasteiger charge is 2.28. The van der Waals surface area contributed by atoms with Gasteiger partial charge in [-0.1, -0.05) is 21.3 Å². The minimum Gasteiger partial charge on any atom is -0.335 e. The molecule has 0 atom stereocenters. The fourth-order valence-corrected chi connectivity index (χ4v) is 6.00. The van der Waals surface area contributed by atoms with Crippen LogP contribution >= 0.6 is 0 Å². The monoisotopic (exact) mass is 485 g/mol. The molecule has 0 radical (unpaired) electrons. The molecule has 3 aliphatic rings. The van der Waals surface area contributed by atoms with Crippen LogP contribution < -0.4 is 10.6 Å². The predicted molar refractivity (Wildman–Crippen MR) is 146 cm³/mol. The van der Waals surface area contributed by atoms with E-state index in [4.69, 9.17) is 0 Å². The standard InChI is InChI=1S/C16H28N4.C11H19N3.CH4/c1-2-10-20-13-9-18-16(20)14-5-11-19(12-6-14)15-3-7-17-8-4-15;1-2-8-14-9-7-13-11(14)10-3-5-12-6-4-10;/h9,13-15,17H,2-8,10-12H2,1H3;7,9-10,12H,2-6,8H2,1H3;1H4. The van der Waals surface area contributed by atoms with Crippen LogP contribution in [0.3, 0.4) is 0 Å². The fraction of sp³-hybridized carbons (Fsp3) is 0.786. The van der Waals surface area contributed by atoms with Gasteiger partial charge >= 0.3 is 0 Å². The molecule has 0 amide bonds. The zero-order valence-electron chi connectivity index (χ0n) is 21.6. The Morgan fingerprint density at radius 3 is 1.66 bits per heavy atom. The quantitative estimate of drug-likeness (QED) is 0.599. The Morgan fingerprint density at radius 1 is 0.714 bits per heavy atom. The number of aryl methyl sites for hydroxylation is 2. The van der Waals surface area contributed by atoms with Gasteiger partial charge < -0.3 is 24.7 Å². The van der Waals surface area contributed by atoms with Crippen molar-refractivity contribution in [2.45, 2.75) is 104 Å². The maximum Gasteiger partial charge on any atom is 0.111 e. The molecule has 0 spiro atoms. The summed E-state index contributed by atoms with van der Waals surface area (Å²) in [5.41, 5.74) is 0. The maximum atomic E-state index is 4.63. The molecule has 5 heterocycles. The molecule has 7 heteroatoms. The average Bonchev–Trinajstić information content (AvgIpc) is 3.56. The second kappa shape index (κ2) is 14.8. The molecule has 198 valence electrons. The van der Waals surface area contributed by atoms with E-state index in [0.717, 1.165) is 32.2 Å². The van der Waals surface area contributed by atoms with Gasteiger partial charge in [-0.15, -0.1) is 0 Å². The van der Waals surface area contributed by atoms with E-state index >= 15 is 0 Å². The summed E-state index contributed by atoms with van der Waals surface area (Å²) >= 11 is 0. The van der Waals surface area contributed by atoms with Crippen molar-refractivity contribution < 1.29 is 0 Å². The third-order valence-electron chi connectivity index (χ3n) is 7.85. The molecular formula is C28H51N7. The highest BCUT2D eigenvalue weighted by Crippen LogP contribution is 2.29. The molecule has 0 aliphatic carbocycles. The summed E-state index contributed by atoms with van der Waals surface area (Å²) in [7, 11) is 0. The number of nitrogens with one attached hydrogen (secondary N) is 2. The van der Waals surface area contributed by atoms with Crippen molar-refractivity contribution in [3.05, 3.63) is 36.4 Å². The van der Waals surface area contributed by atoms with Gasteiger partial charge in [0.05, 0.1) is 0 Å². The van der Waals surface area contributed by atoms with Crippen LogP contribution in [0, 0.1) is 0 Å². The summed E-state index contributed by atoms with van der Waals surface area (Å²) in [4.78, 5) is 11.9. The molecule has 3 fully saturated rings. The van der Waals surface area contributed by atoms with Gasteiger partial charge in [0.15, 0.2) is 0 Å². The Labute approximate surface area is 214 Å². The normalized spacial score (nSPS) is 20.7. The Balaban J connectivity index is 0.000000202. The van der Waals surface area contributed by atoms with E-state index in [-0.39, 0.29) is 7.43 Å². The van der Waals surface area contributed by atoms with Crippen molar-refractivity contribution >= 4 is 0 Å². The van der Waals surface area contributed by atoms with Crippen molar-refractivity contribution in [1.82, 2.24) is 34.6 Å². The second-order valence-electron chi connectivity index (χ2n) is 10.3. The first kappa shape index (κ1) is 27.9. The first-order chi connectivity index (χ1) is 16.8. The van der Waals surface area contributed by atoms with E-state index in [1.54, 1.807) is 0 Å². The van der Waals surface area contributed by atoms with Gasteiger partial charge in [-0.05, 0) is 90.6 Å². The number of hydrogen-bond donors (Lipinski definition) is 2. The van der Waals surface area contributed by atoms with E-state index in [2.05, 4.69) is 60.9 Å². The molecule has 7 nitrogen and oxygen atoms in total. The number of likely N-dealkylation sites (tertiary alicyclic amines) is 1. The maximum absolute atomic E-state index is 4.63. The molecule has 2 aromatic heterocycles. The third-order valence-corrected chi connectivity index (χ3v) is 7.85. The molecule has 2 N–H and O–H groups in total. The molecule has 0 unspecified atom stereocenters. The largest absolute Gasteiger partial charge is 0.335 e. The molecular weight excluding hydrogens is 434 g/mol. The van der Waals surface area contributed by atoms with E-state index in [0.29, 0.717) is 11.8 Å². The SMILES string of the molecule is C.CCCn1ccnc1C1CCN(C2CCNCC2)CC1.CCCn1ccnc1C1CCNCC1. The van der Waals surface area contributed by atoms with E-state index in [1.807, 2.05) is 12.4 Å². The van der Waals surface area contributed by atoms with Gasteiger partial charge in [-0.25, -0.2) is 9.97 Å². The summed E-state index contributed by atoms with van der Waals surface area (Å²) in [6, 6.07) is 0.826. The number of nitrogens with zero attached hydrogens (tertiary/aromatic N) is 5. The minimum absolute atomic E-state index is 0. The lowest BCUT2D eigenvalue weighted by Crippen LogP contribution is -2.46. The number of aromatic nitrogens is 4. The number of imidazole rings is 2. The van der Waals surface area contributed by atoms with Crippen molar-refractivity contribution in [1.29, 1.82) is 0 Å². The number of rotatable bonds is 7. The highest BCUT2D eigenvalue weighted by molar-refractivity contribution is 5.03. The summed E-state index contributed by atoms with van der Waals surface area (Å²) in [6.07, 6.45) is 18.3. The van der Waals surface area contributed by atoms with E-state index in [1.165, 1.54) is 89.2 Å². The summed E-state index contributed by atoms with van der Waals surface area (Å²) in [5, 5.41) is 6.86. The van der Waals surface area contributed by atoms with Gasteiger partial charge in [0.2, 0.25) is 0 Å². The van der Waals surface area contributed by atoms with Crippen LogP contribution in [0.5, 0.6) is 0 Å². The third kappa shape index (κ3) is 7.64. The summed E-state index contributed by atoms with van der Waals surface area (Å²) in [5.74, 6) is 3.98. The van der Waals surface area contributed by atoms with Crippen LogP contribution in [-0.4, -0.2) is 69.3 Å². The van der Waals surface area contributed by atoms with E-state index < -0.39 is 0 Å². The Morgan fingerprint density at radius 2 is 1.17 bits per heavy atom. The van der Waals surface area contributed by atoms with Gasteiger partial charge in [-0.2, -0.15) is 0 Å². The molecule has 2 aromatic rings. The molecule has 0 saturated carbocycles. The molecule has 3 aliphatic heterocycles. The van der Waals surface area contributed by atoms with Crippen molar-refractivity contribution in [2.75, 3.05) is 39.3 Å². The van der Waals surface area contributed by atoms with Crippen LogP contribution in [0.1, 0.15) is 96.1 Å². The van der Waals surface area contributed by atoms with E-state index in [9.17, 15) is 0 Å². The van der Waals surface area contributed by atoms with Crippen LogP contribution in [0.15, 0.2) is 24.8 Å². The van der Waals surface area contributed by atoms with Crippen molar-refractivity contribution in [3.8, 4) is 0 Å².